The van der Waals surface area contributed by atoms with Gasteiger partial charge in [0.2, 0.25) is 3.79 Å². The van der Waals surface area contributed by atoms with Crippen LogP contribution in [0, 0.1) is 0 Å². The third kappa shape index (κ3) is 2.90. The molecule has 10 heavy (non-hydrogen) atoms. The number of halogens is 6. The highest BCUT2D eigenvalue weighted by atomic mass is 35.6. The first-order valence-corrected chi connectivity index (χ1v) is 7.79. The van der Waals surface area contributed by atoms with Gasteiger partial charge in [-0.1, -0.05) is 58.0 Å². The van der Waals surface area contributed by atoms with Gasteiger partial charge in [0.15, 0.2) is 11.6 Å². The van der Waals surface area contributed by atoms with Crippen molar-refractivity contribution in [3.63, 3.8) is 0 Å². The third-order valence-electron chi connectivity index (χ3n) is 0.632. The topological polar surface area (TPSA) is 0 Å². The van der Waals surface area contributed by atoms with Crippen LogP contribution >= 0.6 is 69.1 Å². The predicted octanol–water partition coefficient (Wildman–Crippen LogP) is 2.97. The molecule has 0 aliphatic rings. The zero-order chi connectivity index (χ0) is 8.58. The molecule has 0 nitrogen and oxygen atoms in total. The molecule has 0 aromatic rings. The summed E-state index contributed by atoms with van der Waals surface area (Å²) in [5.74, 6) is 0. The Morgan fingerprint density at radius 2 is 1.30 bits per heavy atom. The summed E-state index contributed by atoms with van der Waals surface area (Å²) >= 11 is 32.9. The van der Waals surface area contributed by atoms with Crippen molar-refractivity contribution in [2.75, 3.05) is 0 Å². The van der Waals surface area contributed by atoms with Gasteiger partial charge in [-0.2, -0.15) is 11.1 Å². The highest BCUT2D eigenvalue weighted by Crippen LogP contribution is 2.47. The summed E-state index contributed by atoms with van der Waals surface area (Å²) in [5, 5.41) is 0. The molecular formula is C2Cl6Si2. The van der Waals surface area contributed by atoms with Crippen LogP contribution in [0.15, 0.2) is 0 Å². The third-order valence-corrected chi connectivity index (χ3v) is 8.67. The van der Waals surface area contributed by atoms with E-state index in [1.807, 2.05) is 0 Å². The maximum atomic E-state index is 5.58. The van der Waals surface area contributed by atoms with Crippen LogP contribution < -0.4 is 0 Å². The summed E-state index contributed by atoms with van der Waals surface area (Å²) in [5.41, 5.74) is 0. The lowest BCUT2D eigenvalue weighted by Crippen LogP contribution is -2.43. The van der Waals surface area contributed by atoms with Crippen molar-refractivity contribution in [3.8, 4) is 0 Å². The van der Waals surface area contributed by atoms with E-state index in [4.69, 9.17) is 69.1 Å². The normalized spacial score (nSPS) is 14.4. The van der Waals surface area contributed by atoms with Gasteiger partial charge in [-0.3, -0.25) is 0 Å². The molecule has 0 aromatic heterocycles. The average Bonchev–Trinajstić information content (AvgIpc) is 1.62. The molecular weight excluding hydrogens is 293 g/mol. The lowest BCUT2D eigenvalue weighted by atomic mass is 10.9. The fraction of sp³-hybridized carbons (Fsp3) is 1.00. The Balaban J connectivity index is 4.40. The second kappa shape index (κ2) is 3.92. The van der Waals surface area contributed by atoms with Crippen LogP contribution in [0.1, 0.15) is 0 Å². The van der Waals surface area contributed by atoms with Crippen molar-refractivity contribution in [3.05, 3.63) is 0 Å². The molecule has 0 bridgehead atoms. The highest BCUT2D eigenvalue weighted by molar-refractivity contribution is 7.37. The molecule has 0 saturated carbocycles. The largest absolute Gasteiger partial charge is 0.220 e. The van der Waals surface area contributed by atoms with Gasteiger partial charge >= 0.3 is 0 Å². The molecule has 0 aromatic carbocycles. The molecule has 0 amide bonds. The maximum absolute atomic E-state index is 5.58. The Morgan fingerprint density at radius 3 is 1.30 bits per heavy atom. The Morgan fingerprint density at radius 1 is 1.00 bits per heavy atom. The van der Waals surface area contributed by atoms with Crippen molar-refractivity contribution >= 4 is 86.5 Å². The van der Waals surface area contributed by atoms with E-state index in [-0.39, 0.29) is 0 Å². The van der Waals surface area contributed by atoms with Gasteiger partial charge in [0.25, 0.3) is 0 Å². The van der Waals surface area contributed by atoms with E-state index < -0.39 is 15.4 Å². The number of hydrogen-bond donors (Lipinski definition) is 0. The molecule has 4 radical (unpaired) electrons. The van der Waals surface area contributed by atoms with Gasteiger partial charge in [0, 0.05) is 9.76 Å². The highest BCUT2D eigenvalue weighted by Gasteiger charge is 2.50. The van der Waals surface area contributed by atoms with Crippen molar-refractivity contribution < 1.29 is 0 Å². The van der Waals surface area contributed by atoms with Gasteiger partial charge < -0.3 is 0 Å². The van der Waals surface area contributed by atoms with Crippen molar-refractivity contribution in [2.45, 2.75) is 7.75 Å². The molecule has 0 atom stereocenters. The van der Waals surface area contributed by atoms with Gasteiger partial charge in [0.05, 0.1) is 0 Å². The minimum absolute atomic E-state index is 1.54. The van der Waals surface area contributed by atoms with Gasteiger partial charge in [-0.05, 0) is 0 Å². The van der Waals surface area contributed by atoms with Crippen LogP contribution in [0.5, 0.6) is 0 Å². The summed E-state index contributed by atoms with van der Waals surface area (Å²) < 4.78 is -3.31. The first-order valence-electron chi connectivity index (χ1n) is 1.88. The van der Waals surface area contributed by atoms with E-state index in [1.54, 1.807) is 0 Å². The number of alkyl halides is 5. The zero-order valence-electron chi connectivity index (χ0n) is 4.27. The molecule has 0 saturated heterocycles. The molecule has 0 rings (SSSR count). The summed E-state index contributed by atoms with van der Waals surface area (Å²) in [6.45, 7) is 0. The molecule has 0 aliphatic carbocycles. The van der Waals surface area contributed by atoms with E-state index >= 15 is 0 Å². The van der Waals surface area contributed by atoms with Crippen LogP contribution in [0.4, 0.5) is 0 Å². The minimum atomic E-state index is -1.77. The average molecular weight is 293 g/mol. The van der Waals surface area contributed by atoms with Crippen LogP contribution in [0.2, 0.25) is 0 Å². The summed E-state index contributed by atoms with van der Waals surface area (Å²) in [4.78, 5) is 0. The monoisotopic (exact) mass is 290 g/mol. The minimum Gasteiger partial charge on any atom is -0.170 e. The Labute approximate surface area is 93.6 Å². The zero-order valence-corrected chi connectivity index (χ0v) is 10.8. The van der Waals surface area contributed by atoms with Gasteiger partial charge in [-0.15, -0.1) is 0 Å². The number of rotatable bonds is 1. The second-order valence-electron chi connectivity index (χ2n) is 1.39. The molecule has 0 aliphatic heterocycles. The molecule has 0 heterocycles. The van der Waals surface area contributed by atoms with E-state index in [0.29, 0.717) is 0 Å². The SMILES string of the molecule is [Si][Si](Cl)C(Cl)(Cl)C(Cl)(Cl)Cl. The molecule has 58 valence electrons. The standard InChI is InChI=1S/C2Cl6Si2/c3-1(4,5)2(6,7)10(8)9. The molecule has 8 heteroatoms. The van der Waals surface area contributed by atoms with E-state index in [0.717, 1.165) is 0 Å². The first-order chi connectivity index (χ1) is 4.19. The van der Waals surface area contributed by atoms with E-state index in [9.17, 15) is 0 Å². The maximum Gasteiger partial charge on any atom is 0.220 e. The Hall–Kier alpha value is 2.17. The predicted molar refractivity (Wildman–Crippen MR) is 52.1 cm³/mol. The summed E-state index contributed by atoms with van der Waals surface area (Å²) in [6, 6.07) is 0. The van der Waals surface area contributed by atoms with E-state index in [2.05, 4.69) is 9.76 Å². The van der Waals surface area contributed by atoms with Gasteiger partial charge in [-0.25, -0.2) is 0 Å². The van der Waals surface area contributed by atoms with Crippen LogP contribution in [0.25, 0.3) is 0 Å². The van der Waals surface area contributed by atoms with Gasteiger partial charge in [0.1, 0.15) is 0 Å². The molecule has 0 unspecified atom stereocenters. The fourth-order valence-electron chi connectivity index (χ4n) is 0.124. The lowest BCUT2D eigenvalue weighted by molar-refractivity contribution is 1.09. The molecule has 0 fully saturated rings. The fourth-order valence-corrected chi connectivity index (χ4v) is 3.36. The van der Waals surface area contributed by atoms with Crippen molar-refractivity contribution in [1.82, 2.24) is 0 Å². The van der Waals surface area contributed by atoms with Crippen LogP contribution in [-0.4, -0.2) is 25.1 Å². The number of hydrogen-bond acceptors (Lipinski definition) is 0. The second-order valence-corrected chi connectivity index (χ2v) is 10.6. The Kier molecular flexibility index (Phi) is 4.77. The smallest absolute Gasteiger partial charge is 0.170 e. The Bertz CT molecular complexity index is 115. The van der Waals surface area contributed by atoms with Crippen LogP contribution in [-0.2, 0) is 0 Å². The van der Waals surface area contributed by atoms with Crippen LogP contribution in [0.3, 0.4) is 0 Å². The van der Waals surface area contributed by atoms with E-state index in [1.165, 1.54) is 0 Å². The molecule has 0 spiro atoms. The quantitative estimate of drug-likeness (QED) is 0.396. The van der Waals surface area contributed by atoms with Crippen molar-refractivity contribution in [1.29, 1.82) is 0 Å². The summed E-state index contributed by atoms with van der Waals surface area (Å²) in [6.07, 6.45) is 0. The molecule has 0 N–H and O–H groups in total. The summed E-state index contributed by atoms with van der Waals surface area (Å²) in [7, 11) is 1.28. The first kappa shape index (κ1) is 12.2. The lowest BCUT2D eigenvalue weighted by Gasteiger charge is -2.28. The van der Waals surface area contributed by atoms with Crippen molar-refractivity contribution in [2.24, 2.45) is 0 Å².